The Balaban J connectivity index is 1.61. The molecule has 7 heteroatoms. The molecule has 0 spiro atoms. The summed E-state index contributed by atoms with van der Waals surface area (Å²) in [5, 5.41) is 11.6. The van der Waals surface area contributed by atoms with Gasteiger partial charge in [-0.1, -0.05) is 24.3 Å². The Labute approximate surface area is 162 Å². The topological polar surface area (TPSA) is 95.9 Å². The number of anilines is 2. The van der Waals surface area contributed by atoms with Crippen LogP contribution in [0.1, 0.15) is 25.3 Å². The van der Waals surface area contributed by atoms with Crippen LogP contribution in [-0.4, -0.2) is 35.5 Å². The lowest BCUT2D eigenvalue weighted by Gasteiger charge is -2.32. The smallest absolute Gasteiger partial charge is 0.303 e. The second-order valence-electron chi connectivity index (χ2n) is 6.61. The number of aryl methyl sites for hydroxylation is 1. The Kier molecular flexibility index (Phi) is 5.93. The highest BCUT2D eigenvalue weighted by Gasteiger charge is 2.31. The first kappa shape index (κ1) is 19.4. The Bertz CT molecular complexity index is 896. The number of carboxylic acids is 1. The van der Waals surface area contributed by atoms with Crippen molar-refractivity contribution in [2.45, 2.75) is 32.3 Å². The number of aliphatic carboxylic acids is 1. The fourth-order valence-electron chi connectivity index (χ4n) is 3.08. The number of hydrogen-bond donors (Lipinski definition) is 2. The molecule has 146 valence electrons. The van der Waals surface area contributed by atoms with E-state index in [-0.39, 0.29) is 31.2 Å². The third kappa shape index (κ3) is 4.68. The van der Waals surface area contributed by atoms with Crippen molar-refractivity contribution >= 4 is 29.2 Å². The number of rotatable bonds is 7. The van der Waals surface area contributed by atoms with E-state index >= 15 is 0 Å². The molecule has 28 heavy (non-hydrogen) atoms. The normalized spacial score (nSPS) is 15.5. The van der Waals surface area contributed by atoms with Crippen LogP contribution < -0.4 is 15.0 Å². The van der Waals surface area contributed by atoms with Gasteiger partial charge in [0.1, 0.15) is 5.75 Å². The zero-order valence-electron chi connectivity index (χ0n) is 15.6. The minimum absolute atomic E-state index is 0.0358. The van der Waals surface area contributed by atoms with E-state index in [4.69, 9.17) is 9.84 Å². The SMILES string of the molecule is CC1Oc2ccccc2N(CCC(=O)Nc2cccc(CCC(=O)O)c2)C1=O. The number of fused-ring (bicyclic) bond motifs is 1. The Morgan fingerprint density at radius 2 is 1.93 bits per heavy atom. The summed E-state index contributed by atoms with van der Waals surface area (Å²) in [5.74, 6) is -0.637. The van der Waals surface area contributed by atoms with E-state index in [1.807, 2.05) is 18.2 Å². The highest BCUT2D eigenvalue weighted by atomic mass is 16.5. The molecule has 1 atom stereocenters. The van der Waals surface area contributed by atoms with Gasteiger partial charge in [-0.15, -0.1) is 0 Å². The lowest BCUT2D eigenvalue weighted by Crippen LogP contribution is -2.45. The summed E-state index contributed by atoms with van der Waals surface area (Å²) < 4.78 is 5.60. The number of carbonyl (C=O) groups is 3. The number of ether oxygens (including phenoxy) is 1. The molecular weight excluding hydrogens is 360 g/mol. The summed E-state index contributed by atoms with van der Waals surface area (Å²) in [6, 6.07) is 14.4. The van der Waals surface area contributed by atoms with Crippen LogP contribution in [0.3, 0.4) is 0 Å². The van der Waals surface area contributed by atoms with Crippen LogP contribution in [0.2, 0.25) is 0 Å². The largest absolute Gasteiger partial charge is 0.481 e. The van der Waals surface area contributed by atoms with E-state index in [1.165, 1.54) is 0 Å². The molecule has 1 aliphatic rings. The van der Waals surface area contributed by atoms with Crippen LogP contribution in [0, 0.1) is 0 Å². The van der Waals surface area contributed by atoms with Crippen molar-refractivity contribution in [3.05, 3.63) is 54.1 Å². The Morgan fingerprint density at radius 1 is 1.14 bits per heavy atom. The van der Waals surface area contributed by atoms with Gasteiger partial charge < -0.3 is 20.1 Å². The number of carboxylic acid groups (broad SMARTS) is 1. The second kappa shape index (κ2) is 8.56. The van der Waals surface area contributed by atoms with E-state index < -0.39 is 12.1 Å². The number of nitrogens with zero attached hydrogens (tertiary/aromatic N) is 1. The summed E-state index contributed by atoms with van der Waals surface area (Å²) in [4.78, 5) is 37.1. The number of para-hydroxylation sites is 2. The average molecular weight is 382 g/mol. The van der Waals surface area contributed by atoms with Crippen molar-refractivity contribution in [1.29, 1.82) is 0 Å². The molecule has 2 aromatic rings. The first-order valence-electron chi connectivity index (χ1n) is 9.11. The molecule has 1 heterocycles. The molecule has 2 amide bonds. The second-order valence-corrected chi connectivity index (χ2v) is 6.61. The molecule has 0 radical (unpaired) electrons. The first-order chi connectivity index (χ1) is 13.4. The van der Waals surface area contributed by atoms with Crippen LogP contribution in [0.5, 0.6) is 5.75 Å². The monoisotopic (exact) mass is 382 g/mol. The van der Waals surface area contributed by atoms with E-state index in [0.29, 0.717) is 23.5 Å². The number of hydrogen-bond acceptors (Lipinski definition) is 4. The van der Waals surface area contributed by atoms with Gasteiger partial charge in [-0.2, -0.15) is 0 Å². The number of benzene rings is 2. The maximum absolute atomic E-state index is 12.5. The molecule has 0 saturated carbocycles. The van der Waals surface area contributed by atoms with Crippen LogP contribution in [0.25, 0.3) is 0 Å². The molecule has 3 rings (SSSR count). The van der Waals surface area contributed by atoms with Crippen molar-refractivity contribution in [2.24, 2.45) is 0 Å². The fourth-order valence-corrected chi connectivity index (χ4v) is 3.08. The van der Waals surface area contributed by atoms with Crippen LogP contribution >= 0.6 is 0 Å². The van der Waals surface area contributed by atoms with Gasteiger partial charge in [0.05, 0.1) is 5.69 Å². The fraction of sp³-hybridized carbons (Fsp3) is 0.286. The van der Waals surface area contributed by atoms with Gasteiger partial charge in [0.2, 0.25) is 5.91 Å². The van der Waals surface area contributed by atoms with E-state index in [2.05, 4.69) is 5.32 Å². The summed E-state index contributed by atoms with van der Waals surface area (Å²) in [5.41, 5.74) is 2.11. The summed E-state index contributed by atoms with van der Waals surface area (Å²) in [6.07, 6.45) is -0.0279. The molecule has 0 aromatic heterocycles. The zero-order valence-corrected chi connectivity index (χ0v) is 15.6. The van der Waals surface area contributed by atoms with Crippen molar-refractivity contribution < 1.29 is 24.2 Å². The predicted molar refractivity (Wildman–Crippen MR) is 105 cm³/mol. The highest BCUT2D eigenvalue weighted by Crippen LogP contribution is 2.33. The molecule has 1 unspecified atom stereocenters. The van der Waals surface area contributed by atoms with Gasteiger partial charge in [-0.3, -0.25) is 14.4 Å². The number of amides is 2. The standard InChI is InChI=1S/C21H22N2O5/c1-14-21(27)23(17-7-2-3-8-18(17)28-14)12-11-19(24)22-16-6-4-5-15(13-16)9-10-20(25)26/h2-8,13-14H,9-12H2,1H3,(H,22,24)(H,25,26). The lowest BCUT2D eigenvalue weighted by atomic mass is 10.1. The van der Waals surface area contributed by atoms with Gasteiger partial charge in [0.25, 0.3) is 5.91 Å². The molecule has 0 aliphatic carbocycles. The summed E-state index contributed by atoms with van der Waals surface area (Å²) in [6.45, 7) is 1.93. The molecule has 1 aliphatic heterocycles. The van der Waals surface area contributed by atoms with Crippen LogP contribution in [-0.2, 0) is 20.8 Å². The summed E-state index contributed by atoms with van der Waals surface area (Å²) >= 11 is 0. The molecule has 7 nitrogen and oxygen atoms in total. The zero-order chi connectivity index (χ0) is 20.1. The Morgan fingerprint density at radius 3 is 2.71 bits per heavy atom. The van der Waals surface area contributed by atoms with Gasteiger partial charge in [0.15, 0.2) is 6.10 Å². The van der Waals surface area contributed by atoms with Gasteiger partial charge in [0, 0.05) is 25.1 Å². The van der Waals surface area contributed by atoms with Gasteiger partial charge in [-0.05, 0) is 43.2 Å². The van der Waals surface area contributed by atoms with E-state index in [9.17, 15) is 14.4 Å². The van der Waals surface area contributed by atoms with Crippen molar-refractivity contribution in [3.8, 4) is 5.75 Å². The van der Waals surface area contributed by atoms with Crippen LogP contribution in [0.15, 0.2) is 48.5 Å². The van der Waals surface area contributed by atoms with E-state index in [1.54, 1.807) is 42.2 Å². The van der Waals surface area contributed by atoms with Gasteiger partial charge >= 0.3 is 5.97 Å². The maximum atomic E-state index is 12.5. The first-order valence-corrected chi connectivity index (χ1v) is 9.11. The molecule has 0 fully saturated rings. The quantitative estimate of drug-likeness (QED) is 0.768. The summed E-state index contributed by atoms with van der Waals surface area (Å²) in [7, 11) is 0. The lowest BCUT2D eigenvalue weighted by molar-refractivity contribution is -0.137. The molecule has 0 bridgehead atoms. The molecule has 0 saturated heterocycles. The third-order valence-electron chi connectivity index (χ3n) is 4.47. The molecule has 2 aromatic carbocycles. The van der Waals surface area contributed by atoms with E-state index in [0.717, 1.165) is 5.56 Å². The molecule has 2 N–H and O–H groups in total. The van der Waals surface area contributed by atoms with Gasteiger partial charge in [-0.25, -0.2) is 0 Å². The maximum Gasteiger partial charge on any atom is 0.303 e. The number of nitrogens with one attached hydrogen (secondary N) is 1. The average Bonchev–Trinajstić information content (AvgIpc) is 2.67. The minimum atomic E-state index is -0.862. The number of carbonyl (C=O) groups excluding carboxylic acids is 2. The molecular formula is C21H22N2O5. The van der Waals surface area contributed by atoms with Crippen molar-refractivity contribution in [1.82, 2.24) is 0 Å². The third-order valence-corrected chi connectivity index (χ3v) is 4.47. The van der Waals surface area contributed by atoms with Crippen LogP contribution in [0.4, 0.5) is 11.4 Å². The minimum Gasteiger partial charge on any atom is -0.481 e. The Hall–Kier alpha value is -3.35. The van der Waals surface area contributed by atoms with Crippen molar-refractivity contribution in [3.63, 3.8) is 0 Å². The van der Waals surface area contributed by atoms with Crippen molar-refractivity contribution in [2.75, 3.05) is 16.8 Å². The highest BCUT2D eigenvalue weighted by molar-refractivity contribution is 6.00. The predicted octanol–water partition coefficient (Wildman–Crippen LogP) is 2.85.